The topological polar surface area (TPSA) is 144 Å². The average molecular weight is 381 g/mol. The van der Waals surface area contributed by atoms with Crippen molar-refractivity contribution in [3.63, 3.8) is 0 Å². The minimum absolute atomic E-state index is 0.0752. The van der Waals surface area contributed by atoms with Crippen LogP contribution in [0, 0.1) is 0 Å². The summed E-state index contributed by atoms with van der Waals surface area (Å²) in [5, 5.41) is 14.3. The Morgan fingerprint density at radius 3 is 2.48 bits per heavy atom. The van der Waals surface area contributed by atoms with Crippen LogP contribution in [0.15, 0.2) is 12.4 Å². The first kappa shape index (κ1) is 22.1. The molecule has 0 aromatic carbocycles. The monoisotopic (exact) mass is 381 g/mol. The van der Waals surface area contributed by atoms with Crippen LogP contribution in [-0.4, -0.2) is 68.8 Å². The maximum absolute atomic E-state index is 13.0. The number of hydrogen-bond donors (Lipinski definition) is 4. The van der Waals surface area contributed by atoms with Gasteiger partial charge in [-0.1, -0.05) is 13.8 Å². The highest BCUT2D eigenvalue weighted by atomic mass is 16.4. The molecule has 27 heavy (non-hydrogen) atoms. The van der Waals surface area contributed by atoms with Gasteiger partial charge in [-0.15, -0.1) is 0 Å². The van der Waals surface area contributed by atoms with Gasteiger partial charge in [-0.05, 0) is 13.3 Å². The Morgan fingerprint density at radius 1 is 1.26 bits per heavy atom. The number of H-pyrrole nitrogens is 1. The summed E-state index contributed by atoms with van der Waals surface area (Å²) in [5.74, 6) is -1.99. The fourth-order valence-corrected chi connectivity index (χ4v) is 2.42. The maximum atomic E-state index is 13.0. The Kier molecular flexibility index (Phi) is 8.97. The van der Waals surface area contributed by atoms with Crippen LogP contribution in [0.4, 0.5) is 0 Å². The van der Waals surface area contributed by atoms with Crippen LogP contribution in [0.1, 0.15) is 39.4 Å². The van der Waals surface area contributed by atoms with Gasteiger partial charge in [0.2, 0.25) is 17.7 Å². The van der Waals surface area contributed by atoms with E-state index in [0.717, 1.165) is 0 Å². The van der Waals surface area contributed by atoms with Gasteiger partial charge < -0.3 is 25.6 Å². The zero-order valence-electron chi connectivity index (χ0n) is 15.8. The highest BCUT2D eigenvalue weighted by molar-refractivity contribution is 5.92. The molecule has 1 heterocycles. The highest BCUT2D eigenvalue weighted by Crippen LogP contribution is 2.08. The lowest BCUT2D eigenvalue weighted by Gasteiger charge is -2.30. The molecule has 0 saturated carbocycles. The summed E-state index contributed by atoms with van der Waals surface area (Å²) in [6.07, 6.45) is 3.99. The van der Waals surface area contributed by atoms with Gasteiger partial charge in [0.25, 0.3) is 0 Å². The van der Waals surface area contributed by atoms with E-state index in [4.69, 9.17) is 0 Å². The summed E-state index contributed by atoms with van der Waals surface area (Å²) in [6, 6.07) is -2.04. The lowest BCUT2D eigenvalue weighted by Crippen LogP contribution is -2.55. The number of hydrogen-bond acceptors (Lipinski definition) is 5. The number of nitrogens with one attached hydrogen (secondary N) is 3. The van der Waals surface area contributed by atoms with Gasteiger partial charge in [0.1, 0.15) is 17.9 Å². The number of aromatic nitrogens is 2. The van der Waals surface area contributed by atoms with Crippen LogP contribution in [0.3, 0.4) is 0 Å². The molecule has 0 spiro atoms. The molecule has 3 amide bonds. The van der Waals surface area contributed by atoms with Gasteiger partial charge in [-0.2, -0.15) is 0 Å². The summed E-state index contributed by atoms with van der Waals surface area (Å²) < 4.78 is 0. The van der Waals surface area contributed by atoms with Gasteiger partial charge in [-0.3, -0.25) is 14.4 Å². The highest BCUT2D eigenvalue weighted by Gasteiger charge is 2.32. The van der Waals surface area contributed by atoms with E-state index in [2.05, 4.69) is 20.6 Å². The van der Waals surface area contributed by atoms with Crippen molar-refractivity contribution < 1.29 is 24.3 Å². The molecule has 1 rings (SSSR count). The maximum Gasteiger partial charge on any atom is 0.326 e. The van der Waals surface area contributed by atoms with Gasteiger partial charge >= 0.3 is 5.97 Å². The van der Waals surface area contributed by atoms with Crippen molar-refractivity contribution in [3.05, 3.63) is 18.2 Å². The first-order valence-electron chi connectivity index (χ1n) is 8.87. The molecule has 0 aliphatic carbocycles. The van der Waals surface area contributed by atoms with E-state index >= 15 is 0 Å². The second-order valence-corrected chi connectivity index (χ2v) is 6.04. The number of carboxylic acid groups (broad SMARTS) is 1. The van der Waals surface area contributed by atoms with Crippen LogP contribution in [0.2, 0.25) is 0 Å². The van der Waals surface area contributed by atoms with Gasteiger partial charge in [0.05, 0.1) is 6.54 Å². The molecule has 10 heteroatoms. The number of rotatable bonds is 11. The summed E-state index contributed by atoms with van der Waals surface area (Å²) in [4.78, 5) is 55.9. The summed E-state index contributed by atoms with van der Waals surface area (Å²) >= 11 is 0. The van der Waals surface area contributed by atoms with E-state index in [9.17, 15) is 24.3 Å². The molecule has 0 fully saturated rings. The molecule has 0 aliphatic rings. The summed E-state index contributed by atoms with van der Waals surface area (Å²) in [7, 11) is 0. The number of carboxylic acids is 1. The quantitative estimate of drug-likeness (QED) is 0.413. The van der Waals surface area contributed by atoms with E-state index in [1.54, 1.807) is 13.1 Å². The molecule has 1 unspecified atom stereocenters. The van der Waals surface area contributed by atoms with Gasteiger partial charge in [0, 0.05) is 31.8 Å². The number of carbonyl (C=O) groups is 4. The first-order valence-corrected chi connectivity index (χ1v) is 8.87. The van der Waals surface area contributed by atoms with Crippen LogP contribution in [-0.2, 0) is 25.6 Å². The molecule has 0 saturated heterocycles. The number of nitrogens with zero attached hydrogens (tertiary/aromatic N) is 2. The Hall–Kier alpha value is -2.91. The van der Waals surface area contributed by atoms with Crippen molar-refractivity contribution in [3.8, 4) is 0 Å². The van der Waals surface area contributed by atoms with E-state index in [0.29, 0.717) is 12.2 Å². The first-order chi connectivity index (χ1) is 12.8. The van der Waals surface area contributed by atoms with Crippen LogP contribution in [0.25, 0.3) is 0 Å². The summed E-state index contributed by atoms with van der Waals surface area (Å²) in [5.41, 5.74) is 0. The minimum atomic E-state index is -1.13. The number of carbonyl (C=O) groups excluding carboxylic acids is 3. The molecule has 4 N–H and O–H groups in total. The van der Waals surface area contributed by atoms with E-state index in [1.807, 2.05) is 6.92 Å². The summed E-state index contributed by atoms with van der Waals surface area (Å²) in [6.45, 7) is 4.88. The molecular weight excluding hydrogens is 354 g/mol. The zero-order chi connectivity index (χ0) is 20.4. The number of amides is 3. The van der Waals surface area contributed by atoms with Crippen LogP contribution in [0.5, 0.6) is 0 Å². The Balaban J connectivity index is 2.94. The predicted octanol–water partition coefficient (Wildman–Crippen LogP) is -0.325. The molecule has 1 aromatic rings. The van der Waals surface area contributed by atoms with E-state index in [1.165, 1.54) is 18.0 Å². The van der Waals surface area contributed by atoms with E-state index in [-0.39, 0.29) is 31.8 Å². The average Bonchev–Trinajstić information content (AvgIpc) is 3.15. The third kappa shape index (κ3) is 7.08. The van der Waals surface area contributed by atoms with Crippen molar-refractivity contribution in [1.29, 1.82) is 0 Å². The van der Waals surface area contributed by atoms with Crippen LogP contribution >= 0.6 is 0 Å². The van der Waals surface area contributed by atoms with Crippen molar-refractivity contribution in [2.45, 2.75) is 52.1 Å². The van der Waals surface area contributed by atoms with Crippen LogP contribution < -0.4 is 10.6 Å². The third-order valence-corrected chi connectivity index (χ3v) is 3.93. The van der Waals surface area contributed by atoms with Crippen molar-refractivity contribution in [1.82, 2.24) is 25.5 Å². The number of aliphatic carboxylic acids is 1. The van der Waals surface area contributed by atoms with Crippen molar-refractivity contribution in [2.24, 2.45) is 0 Å². The van der Waals surface area contributed by atoms with Crippen molar-refractivity contribution in [2.75, 3.05) is 13.1 Å². The Bertz CT molecular complexity index is 646. The standard InChI is InChI=1S/C17H27N5O5/c1-4-8-22(11(3)17(26)27)16(25)12(9-13-18-6-7-19-13)21-15(24)10-20-14(23)5-2/h6-7,11-12H,4-5,8-10H2,1-3H3,(H,18,19)(H,20,23)(H,21,24)(H,26,27)/t11?,12-/m0/s1. The lowest BCUT2D eigenvalue weighted by atomic mass is 10.1. The number of aromatic amines is 1. The Labute approximate surface area is 157 Å². The largest absolute Gasteiger partial charge is 0.480 e. The number of imidazole rings is 1. The molecule has 150 valence electrons. The zero-order valence-corrected chi connectivity index (χ0v) is 15.8. The van der Waals surface area contributed by atoms with E-state index < -0.39 is 29.9 Å². The molecular formula is C17H27N5O5. The lowest BCUT2D eigenvalue weighted by molar-refractivity contribution is -0.150. The SMILES string of the molecule is CCCN(C(=O)[C@H](Cc1ncc[nH]1)NC(=O)CNC(=O)CC)C(C)C(=O)O. The molecule has 2 atom stereocenters. The molecule has 0 radical (unpaired) electrons. The Morgan fingerprint density at radius 2 is 1.96 bits per heavy atom. The normalized spacial score (nSPS) is 12.7. The third-order valence-electron chi connectivity index (χ3n) is 3.93. The minimum Gasteiger partial charge on any atom is -0.480 e. The molecule has 0 aliphatic heterocycles. The smallest absolute Gasteiger partial charge is 0.326 e. The van der Waals surface area contributed by atoms with Gasteiger partial charge in [0.15, 0.2) is 0 Å². The molecule has 10 nitrogen and oxygen atoms in total. The predicted molar refractivity (Wildman–Crippen MR) is 96.6 cm³/mol. The van der Waals surface area contributed by atoms with Gasteiger partial charge in [-0.25, -0.2) is 9.78 Å². The van der Waals surface area contributed by atoms with Crippen molar-refractivity contribution >= 4 is 23.7 Å². The fraction of sp³-hybridized carbons (Fsp3) is 0.588. The second-order valence-electron chi connectivity index (χ2n) is 6.04. The fourth-order valence-electron chi connectivity index (χ4n) is 2.42. The second kappa shape index (κ2) is 10.9. The molecule has 1 aromatic heterocycles. The molecule has 0 bridgehead atoms.